The van der Waals surface area contributed by atoms with E-state index in [-0.39, 0.29) is 11.5 Å². The van der Waals surface area contributed by atoms with Crippen LogP contribution in [0.2, 0.25) is 0 Å². The number of carboxylic acid groups (broad SMARTS) is 1. The predicted molar refractivity (Wildman–Crippen MR) is 66.8 cm³/mol. The smallest absolute Gasteiger partial charge is 0.335 e. The highest BCUT2D eigenvalue weighted by Crippen LogP contribution is 2.47. The standard InChI is InChI=1S/C14H15NO3/c16-12(17)9-4-5-10-11(8-9)15-13(18)14(10)6-2-1-3-7-14/h4-5,8H,1-3,6-7H2,(H,15,18)(H,16,17). The van der Waals surface area contributed by atoms with E-state index < -0.39 is 11.4 Å². The molecule has 1 aliphatic carbocycles. The summed E-state index contributed by atoms with van der Waals surface area (Å²) in [5.41, 5.74) is 1.49. The molecule has 1 aromatic rings. The molecule has 3 rings (SSSR count). The number of fused-ring (bicyclic) bond motifs is 2. The first-order valence-corrected chi connectivity index (χ1v) is 6.33. The molecule has 1 spiro atoms. The van der Waals surface area contributed by atoms with Gasteiger partial charge in [0.05, 0.1) is 11.0 Å². The van der Waals surface area contributed by atoms with E-state index in [4.69, 9.17) is 5.11 Å². The molecule has 4 heteroatoms. The van der Waals surface area contributed by atoms with Gasteiger partial charge < -0.3 is 10.4 Å². The molecule has 1 heterocycles. The molecule has 94 valence electrons. The molecule has 0 bridgehead atoms. The zero-order valence-corrected chi connectivity index (χ0v) is 10.0. The molecule has 0 aromatic heterocycles. The van der Waals surface area contributed by atoms with Crippen molar-refractivity contribution in [2.45, 2.75) is 37.5 Å². The molecular weight excluding hydrogens is 230 g/mol. The van der Waals surface area contributed by atoms with E-state index in [1.165, 1.54) is 6.42 Å². The second-order valence-corrected chi connectivity index (χ2v) is 5.16. The summed E-state index contributed by atoms with van der Waals surface area (Å²) in [4.78, 5) is 23.2. The van der Waals surface area contributed by atoms with Gasteiger partial charge in [0.2, 0.25) is 5.91 Å². The van der Waals surface area contributed by atoms with Crippen LogP contribution in [-0.4, -0.2) is 17.0 Å². The van der Waals surface area contributed by atoms with Crippen molar-refractivity contribution in [1.82, 2.24) is 0 Å². The van der Waals surface area contributed by atoms with E-state index in [9.17, 15) is 9.59 Å². The third kappa shape index (κ3) is 1.45. The summed E-state index contributed by atoms with van der Waals surface area (Å²) in [6, 6.07) is 4.97. The second-order valence-electron chi connectivity index (χ2n) is 5.16. The lowest BCUT2D eigenvalue weighted by atomic mass is 9.70. The molecular formula is C14H15NO3. The number of nitrogens with one attached hydrogen (secondary N) is 1. The third-order valence-electron chi connectivity index (χ3n) is 4.17. The van der Waals surface area contributed by atoms with E-state index >= 15 is 0 Å². The summed E-state index contributed by atoms with van der Waals surface area (Å²) < 4.78 is 0. The fourth-order valence-electron chi connectivity index (χ4n) is 3.21. The lowest BCUT2D eigenvalue weighted by Gasteiger charge is -2.31. The number of amides is 1. The molecule has 0 radical (unpaired) electrons. The molecule has 1 fully saturated rings. The van der Waals surface area contributed by atoms with Gasteiger partial charge in [0.15, 0.2) is 0 Å². The summed E-state index contributed by atoms with van der Waals surface area (Å²) in [7, 11) is 0. The zero-order valence-electron chi connectivity index (χ0n) is 10.0. The molecule has 2 N–H and O–H groups in total. The van der Waals surface area contributed by atoms with Crippen molar-refractivity contribution in [3.8, 4) is 0 Å². The number of hydrogen-bond donors (Lipinski definition) is 2. The molecule has 0 unspecified atom stereocenters. The number of benzene rings is 1. The average molecular weight is 245 g/mol. The fourth-order valence-corrected chi connectivity index (χ4v) is 3.21. The maximum Gasteiger partial charge on any atom is 0.335 e. The number of carboxylic acids is 1. The molecule has 1 aromatic carbocycles. The molecule has 2 aliphatic rings. The van der Waals surface area contributed by atoms with Crippen molar-refractivity contribution in [3.05, 3.63) is 29.3 Å². The minimum Gasteiger partial charge on any atom is -0.478 e. The fraction of sp³-hybridized carbons (Fsp3) is 0.429. The van der Waals surface area contributed by atoms with Crippen molar-refractivity contribution in [2.75, 3.05) is 5.32 Å². The van der Waals surface area contributed by atoms with Gasteiger partial charge in [-0.3, -0.25) is 4.79 Å². The van der Waals surface area contributed by atoms with Gasteiger partial charge in [0.1, 0.15) is 0 Å². The van der Waals surface area contributed by atoms with Crippen molar-refractivity contribution in [1.29, 1.82) is 0 Å². The highest BCUT2D eigenvalue weighted by atomic mass is 16.4. The Morgan fingerprint density at radius 3 is 2.61 bits per heavy atom. The lowest BCUT2D eigenvalue weighted by Crippen LogP contribution is -2.36. The average Bonchev–Trinajstić information content (AvgIpc) is 2.63. The maximum atomic E-state index is 12.2. The van der Waals surface area contributed by atoms with Gasteiger partial charge in [-0.15, -0.1) is 0 Å². The van der Waals surface area contributed by atoms with E-state index in [0.29, 0.717) is 5.69 Å². The molecule has 0 atom stereocenters. The Hall–Kier alpha value is -1.84. The SMILES string of the molecule is O=C(O)c1ccc2c(c1)NC(=O)C21CCCCC1. The van der Waals surface area contributed by atoms with Gasteiger partial charge in [-0.2, -0.15) is 0 Å². The quantitative estimate of drug-likeness (QED) is 0.799. The van der Waals surface area contributed by atoms with Crippen molar-refractivity contribution >= 4 is 17.6 Å². The maximum absolute atomic E-state index is 12.2. The molecule has 4 nitrogen and oxygen atoms in total. The lowest BCUT2D eigenvalue weighted by molar-refractivity contribution is -0.121. The van der Waals surface area contributed by atoms with Crippen LogP contribution in [0.5, 0.6) is 0 Å². The molecule has 1 aliphatic heterocycles. The summed E-state index contributed by atoms with van der Waals surface area (Å²) in [5, 5.41) is 11.8. The third-order valence-corrected chi connectivity index (χ3v) is 4.17. The van der Waals surface area contributed by atoms with Crippen molar-refractivity contribution in [3.63, 3.8) is 0 Å². The van der Waals surface area contributed by atoms with Crippen LogP contribution in [-0.2, 0) is 10.2 Å². The van der Waals surface area contributed by atoms with Crippen molar-refractivity contribution in [2.24, 2.45) is 0 Å². The Bertz CT molecular complexity index is 530. The zero-order chi connectivity index (χ0) is 12.8. The minimum absolute atomic E-state index is 0.0414. The molecule has 1 amide bonds. The van der Waals surface area contributed by atoms with Gasteiger partial charge in [-0.25, -0.2) is 4.79 Å². The number of carbonyl (C=O) groups excluding carboxylic acids is 1. The number of carbonyl (C=O) groups is 2. The van der Waals surface area contributed by atoms with E-state index in [2.05, 4.69) is 5.32 Å². The van der Waals surface area contributed by atoms with Crippen LogP contribution in [0, 0.1) is 0 Å². The first-order valence-electron chi connectivity index (χ1n) is 6.33. The Balaban J connectivity index is 2.08. The van der Waals surface area contributed by atoms with Crippen LogP contribution in [0.25, 0.3) is 0 Å². The van der Waals surface area contributed by atoms with Gasteiger partial charge >= 0.3 is 5.97 Å². The van der Waals surface area contributed by atoms with E-state index in [0.717, 1.165) is 31.2 Å². The van der Waals surface area contributed by atoms with Gasteiger partial charge in [-0.1, -0.05) is 25.3 Å². The molecule has 1 saturated carbocycles. The Labute approximate surface area is 105 Å². The summed E-state index contributed by atoms with van der Waals surface area (Å²) in [6.45, 7) is 0. The van der Waals surface area contributed by atoms with Crippen LogP contribution in [0.3, 0.4) is 0 Å². The predicted octanol–water partition coefficient (Wildman–Crippen LogP) is 2.54. The second kappa shape index (κ2) is 3.83. The van der Waals surface area contributed by atoms with Crippen LogP contribution in [0.15, 0.2) is 18.2 Å². The van der Waals surface area contributed by atoms with Gasteiger partial charge in [0, 0.05) is 5.69 Å². The first-order chi connectivity index (χ1) is 8.63. The van der Waals surface area contributed by atoms with Gasteiger partial charge in [0.25, 0.3) is 0 Å². The van der Waals surface area contributed by atoms with Crippen LogP contribution in [0.1, 0.15) is 48.0 Å². The summed E-state index contributed by atoms with van der Waals surface area (Å²) in [6.07, 6.45) is 5.05. The monoisotopic (exact) mass is 245 g/mol. The highest BCUT2D eigenvalue weighted by molar-refractivity contribution is 6.07. The number of aromatic carboxylic acids is 1. The van der Waals surface area contributed by atoms with Crippen LogP contribution >= 0.6 is 0 Å². The van der Waals surface area contributed by atoms with Crippen molar-refractivity contribution < 1.29 is 14.7 Å². The first kappa shape index (κ1) is 11.3. The Morgan fingerprint density at radius 2 is 1.94 bits per heavy atom. The molecule has 0 saturated heterocycles. The Morgan fingerprint density at radius 1 is 1.22 bits per heavy atom. The van der Waals surface area contributed by atoms with Gasteiger partial charge in [-0.05, 0) is 30.5 Å². The largest absolute Gasteiger partial charge is 0.478 e. The topological polar surface area (TPSA) is 66.4 Å². The normalized spacial score (nSPS) is 20.6. The number of anilines is 1. The number of rotatable bonds is 1. The van der Waals surface area contributed by atoms with E-state index in [1.807, 2.05) is 6.07 Å². The van der Waals surface area contributed by atoms with Crippen LogP contribution < -0.4 is 5.32 Å². The minimum atomic E-state index is -0.961. The Kier molecular flexibility index (Phi) is 2.40. The summed E-state index contributed by atoms with van der Waals surface area (Å²) >= 11 is 0. The number of hydrogen-bond acceptors (Lipinski definition) is 2. The van der Waals surface area contributed by atoms with E-state index in [1.54, 1.807) is 12.1 Å². The highest BCUT2D eigenvalue weighted by Gasteiger charge is 2.47. The molecule has 18 heavy (non-hydrogen) atoms. The van der Waals surface area contributed by atoms with Crippen LogP contribution in [0.4, 0.5) is 5.69 Å². The summed E-state index contributed by atoms with van der Waals surface area (Å²) in [5.74, 6) is -0.920.